The molecular weight excluding hydrogens is 328 g/mol. The molecule has 0 saturated heterocycles. The Morgan fingerprint density at radius 2 is 1.54 bits per heavy atom. The van der Waals surface area contributed by atoms with E-state index in [2.05, 4.69) is 10.6 Å². The topological polar surface area (TPSA) is 71.3 Å². The number of hydrogen-bond acceptors (Lipinski definition) is 3. The second kappa shape index (κ2) is 8.16. The molecule has 1 aromatic heterocycles. The minimum Gasteiger partial charge on any atom is -0.459 e. The van der Waals surface area contributed by atoms with E-state index in [-0.39, 0.29) is 23.5 Å². The second-order valence-electron chi connectivity index (χ2n) is 5.84. The lowest BCUT2D eigenvalue weighted by Crippen LogP contribution is -2.22. The quantitative estimate of drug-likeness (QED) is 0.680. The first-order chi connectivity index (χ1) is 12.7. The number of carbonyl (C=O) groups excluding carboxylic acids is 2. The Morgan fingerprint density at radius 1 is 0.885 bits per heavy atom. The van der Waals surface area contributed by atoms with Crippen LogP contribution in [0.2, 0.25) is 0 Å². The van der Waals surface area contributed by atoms with Gasteiger partial charge in [0.05, 0.1) is 23.6 Å². The molecule has 2 N–H and O–H groups in total. The first kappa shape index (κ1) is 17.5. The molecule has 0 aliphatic carbocycles. The van der Waals surface area contributed by atoms with Crippen molar-refractivity contribution in [2.45, 2.75) is 19.3 Å². The van der Waals surface area contributed by atoms with Crippen LogP contribution >= 0.6 is 0 Å². The van der Waals surface area contributed by atoms with E-state index in [0.29, 0.717) is 17.8 Å². The summed E-state index contributed by atoms with van der Waals surface area (Å²) in [7, 11) is 0. The zero-order valence-electron chi connectivity index (χ0n) is 14.4. The molecule has 2 amide bonds. The second-order valence-corrected chi connectivity index (χ2v) is 5.84. The Kier molecular flexibility index (Phi) is 5.49. The minimum absolute atomic E-state index is 0.113. The number of amides is 2. The number of benzene rings is 2. The summed E-state index contributed by atoms with van der Waals surface area (Å²) in [6.07, 6.45) is 2.12. The molecule has 0 bridgehead atoms. The molecule has 0 unspecified atom stereocenters. The average Bonchev–Trinajstić information content (AvgIpc) is 3.20. The summed E-state index contributed by atoms with van der Waals surface area (Å²) in [6.45, 7) is 1.97. The summed E-state index contributed by atoms with van der Waals surface area (Å²) in [6, 6.07) is 20.0. The van der Waals surface area contributed by atoms with E-state index in [4.69, 9.17) is 4.42 Å². The molecule has 1 heterocycles. The summed E-state index contributed by atoms with van der Waals surface area (Å²) in [5.41, 5.74) is 2.03. The van der Waals surface area contributed by atoms with Crippen molar-refractivity contribution in [2.24, 2.45) is 0 Å². The molecule has 3 aromatic rings. The average molecular weight is 348 g/mol. The molecule has 1 atom stereocenters. The highest BCUT2D eigenvalue weighted by Crippen LogP contribution is 2.26. The van der Waals surface area contributed by atoms with Crippen LogP contribution in [0.1, 0.15) is 35.4 Å². The smallest absolute Gasteiger partial charge is 0.291 e. The van der Waals surface area contributed by atoms with Crippen LogP contribution in [0.3, 0.4) is 0 Å². The summed E-state index contributed by atoms with van der Waals surface area (Å²) in [4.78, 5) is 25.0. The van der Waals surface area contributed by atoms with Crippen molar-refractivity contribution < 1.29 is 14.0 Å². The number of para-hydroxylation sites is 2. The molecule has 0 saturated carbocycles. The van der Waals surface area contributed by atoms with Crippen molar-refractivity contribution in [3.63, 3.8) is 0 Å². The molecule has 26 heavy (non-hydrogen) atoms. The van der Waals surface area contributed by atoms with Gasteiger partial charge in [-0.3, -0.25) is 9.59 Å². The number of nitrogens with one attached hydrogen (secondary N) is 2. The van der Waals surface area contributed by atoms with Crippen LogP contribution in [-0.2, 0) is 4.79 Å². The Labute approximate surface area is 152 Å². The first-order valence-electron chi connectivity index (χ1n) is 8.48. The summed E-state index contributed by atoms with van der Waals surface area (Å²) < 4.78 is 5.10. The molecule has 0 spiro atoms. The lowest BCUT2D eigenvalue weighted by Gasteiger charge is -2.17. The van der Waals surface area contributed by atoms with Gasteiger partial charge in [0.25, 0.3) is 5.91 Å². The predicted octanol–water partition coefficient (Wildman–Crippen LogP) is 4.66. The molecule has 5 heteroatoms. The van der Waals surface area contributed by atoms with Gasteiger partial charge in [-0.25, -0.2) is 0 Å². The maximum Gasteiger partial charge on any atom is 0.291 e. The normalized spacial score (nSPS) is 11.6. The van der Waals surface area contributed by atoms with Crippen molar-refractivity contribution in [1.29, 1.82) is 0 Å². The number of anilines is 2. The molecule has 132 valence electrons. The van der Waals surface area contributed by atoms with Gasteiger partial charge in [0.2, 0.25) is 5.91 Å². The summed E-state index contributed by atoms with van der Waals surface area (Å²) in [5, 5.41) is 5.69. The fourth-order valence-corrected chi connectivity index (χ4v) is 2.77. The molecule has 0 aliphatic heterocycles. The van der Waals surface area contributed by atoms with E-state index in [1.807, 2.05) is 43.3 Å². The maximum absolute atomic E-state index is 12.8. The van der Waals surface area contributed by atoms with Gasteiger partial charge < -0.3 is 15.1 Å². The number of furan rings is 1. The van der Waals surface area contributed by atoms with E-state index in [9.17, 15) is 9.59 Å². The van der Waals surface area contributed by atoms with Crippen LogP contribution in [-0.4, -0.2) is 11.8 Å². The highest BCUT2D eigenvalue weighted by molar-refractivity contribution is 6.06. The van der Waals surface area contributed by atoms with Gasteiger partial charge in [0.15, 0.2) is 5.76 Å². The highest BCUT2D eigenvalue weighted by Gasteiger charge is 2.20. The Balaban J connectivity index is 1.77. The molecule has 2 aromatic carbocycles. The van der Waals surface area contributed by atoms with Crippen LogP contribution in [0.5, 0.6) is 0 Å². The molecule has 5 nitrogen and oxygen atoms in total. The van der Waals surface area contributed by atoms with Crippen molar-refractivity contribution in [3.8, 4) is 0 Å². The van der Waals surface area contributed by atoms with Crippen LogP contribution in [0, 0.1) is 0 Å². The third-order valence-corrected chi connectivity index (χ3v) is 4.10. The Morgan fingerprint density at radius 3 is 2.15 bits per heavy atom. The lowest BCUT2D eigenvalue weighted by molar-refractivity contribution is -0.117. The zero-order chi connectivity index (χ0) is 18.4. The fraction of sp³-hybridized carbons (Fsp3) is 0.143. The fourth-order valence-electron chi connectivity index (χ4n) is 2.77. The monoisotopic (exact) mass is 348 g/mol. The van der Waals surface area contributed by atoms with E-state index < -0.39 is 0 Å². The van der Waals surface area contributed by atoms with Gasteiger partial charge in [0.1, 0.15) is 0 Å². The molecule has 0 aliphatic rings. The lowest BCUT2D eigenvalue weighted by atomic mass is 9.95. The van der Waals surface area contributed by atoms with Crippen molar-refractivity contribution >= 4 is 23.2 Å². The third-order valence-electron chi connectivity index (χ3n) is 4.10. The van der Waals surface area contributed by atoms with Gasteiger partial charge in [-0.2, -0.15) is 0 Å². The van der Waals surface area contributed by atoms with Gasteiger partial charge in [0, 0.05) is 0 Å². The zero-order valence-corrected chi connectivity index (χ0v) is 14.4. The van der Waals surface area contributed by atoms with Crippen LogP contribution in [0.25, 0.3) is 0 Å². The Bertz CT molecular complexity index is 873. The summed E-state index contributed by atoms with van der Waals surface area (Å²) >= 11 is 0. The van der Waals surface area contributed by atoms with Crippen LogP contribution in [0.15, 0.2) is 77.4 Å². The minimum atomic E-state index is -0.369. The van der Waals surface area contributed by atoms with E-state index in [1.54, 1.807) is 30.3 Å². The first-order valence-corrected chi connectivity index (χ1v) is 8.48. The van der Waals surface area contributed by atoms with Gasteiger partial charge in [-0.1, -0.05) is 49.4 Å². The summed E-state index contributed by atoms with van der Waals surface area (Å²) in [5.74, 6) is -0.530. The van der Waals surface area contributed by atoms with E-state index >= 15 is 0 Å². The molecule has 0 radical (unpaired) electrons. The number of rotatable bonds is 6. The SMILES string of the molecule is CC[C@H](C(=O)Nc1ccccc1NC(=O)c1ccco1)c1ccccc1. The van der Waals surface area contributed by atoms with E-state index in [0.717, 1.165) is 5.56 Å². The van der Waals surface area contributed by atoms with Crippen LogP contribution in [0.4, 0.5) is 11.4 Å². The molecule has 3 rings (SSSR count). The van der Waals surface area contributed by atoms with Crippen molar-refractivity contribution in [1.82, 2.24) is 0 Å². The van der Waals surface area contributed by atoms with Gasteiger partial charge in [-0.05, 0) is 36.2 Å². The standard InChI is InChI=1S/C21H20N2O3/c1-2-16(15-9-4-3-5-10-15)20(24)22-17-11-6-7-12-18(17)23-21(25)19-13-8-14-26-19/h3-14,16H,2H2,1H3,(H,22,24)(H,23,25)/t16-/m0/s1. The highest BCUT2D eigenvalue weighted by atomic mass is 16.3. The maximum atomic E-state index is 12.8. The van der Waals surface area contributed by atoms with Crippen molar-refractivity contribution in [3.05, 3.63) is 84.3 Å². The molecule has 0 fully saturated rings. The van der Waals surface area contributed by atoms with Crippen molar-refractivity contribution in [2.75, 3.05) is 10.6 Å². The van der Waals surface area contributed by atoms with Gasteiger partial charge in [-0.15, -0.1) is 0 Å². The largest absolute Gasteiger partial charge is 0.459 e. The predicted molar refractivity (Wildman–Crippen MR) is 101 cm³/mol. The Hall–Kier alpha value is -3.34. The number of carbonyl (C=O) groups is 2. The third kappa shape index (κ3) is 4.00. The molecular formula is C21H20N2O3. The van der Waals surface area contributed by atoms with Gasteiger partial charge >= 0.3 is 0 Å². The number of hydrogen-bond donors (Lipinski definition) is 2. The van der Waals surface area contributed by atoms with Crippen LogP contribution < -0.4 is 10.6 Å². The van der Waals surface area contributed by atoms with E-state index in [1.165, 1.54) is 6.26 Å².